The molecule has 4 heteroatoms. The first kappa shape index (κ1) is 11.4. The Morgan fingerprint density at radius 1 is 1.50 bits per heavy atom. The molecule has 0 amide bonds. The van der Waals surface area contributed by atoms with Crippen LogP contribution in [-0.4, -0.2) is 16.7 Å². The lowest BCUT2D eigenvalue weighted by Crippen LogP contribution is -2.22. The molecule has 2 heterocycles. The molecule has 0 aliphatic heterocycles. The van der Waals surface area contributed by atoms with Crippen LogP contribution in [0.2, 0.25) is 0 Å². The third kappa shape index (κ3) is 2.18. The van der Waals surface area contributed by atoms with Crippen molar-refractivity contribution in [2.24, 2.45) is 0 Å². The molecule has 0 bridgehead atoms. The minimum atomic E-state index is 0.234. The predicted molar refractivity (Wildman–Crippen MR) is 67.9 cm³/mol. The molecule has 0 spiro atoms. The van der Waals surface area contributed by atoms with Crippen molar-refractivity contribution in [3.8, 4) is 0 Å². The highest BCUT2D eigenvalue weighted by Crippen LogP contribution is 2.29. The number of nitrogens with zero attached hydrogens (tertiary/aromatic N) is 1. The van der Waals surface area contributed by atoms with Gasteiger partial charge < -0.3 is 5.32 Å². The average Bonchev–Trinajstić information content (AvgIpc) is 2.85. The zero-order chi connectivity index (χ0) is 11.5. The third-order valence-electron chi connectivity index (χ3n) is 2.63. The van der Waals surface area contributed by atoms with Crippen molar-refractivity contribution in [3.63, 3.8) is 0 Å². The van der Waals surface area contributed by atoms with Crippen LogP contribution in [0.3, 0.4) is 0 Å². The Bertz CT molecular complexity index is 445. The number of rotatable bonds is 4. The Morgan fingerprint density at radius 2 is 2.31 bits per heavy atom. The van der Waals surface area contributed by atoms with Crippen molar-refractivity contribution in [1.29, 1.82) is 0 Å². The van der Waals surface area contributed by atoms with Gasteiger partial charge in [-0.05, 0) is 38.1 Å². The number of aromatic amines is 1. The van der Waals surface area contributed by atoms with Crippen LogP contribution in [0.25, 0.3) is 0 Å². The van der Waals surface area contributed by atoms with Crippen LogP contribution in [0, 0.1) is 13.8 Å². The van der Waals surface area contributed by atoms with Gasteiger partial charge in [0.05, 0.1) is 11.7 Å². The molecular formula is C12H17N3S. The van der Waals surface area contributed by atoms with E-state index in [9.17, 15) is 0 Å². The second-order valence-electron chi connectivity index (χ2n) is 3.87. The van der Waals surface area contributed by atoms with Crippen molar-refractivity contribution in [1.82, 2.24) is 15.5 Å². The summed E-state index contributed by atoms with van der Waals surface area (Å²) in [7, 11) is 0. The van der Waals surface area contributed by atoms with Gasteiger partial charge in [0.2, 0.25) is 0 Å². The zero-order valence-corrected chi connectivity index (χ0v) is 10.7. The number of aryl methyl sites for hydroxylation is 2. The molecular weight excluding hydrogens is 218 g/mol. The van der Waals surface area contributed by atoms with Crippen LogP contribution in [-0.2, 0) is 0 Å². The van der Waals surface area contributed by atoms with Gasteiger partial charge in [0.15, 0.2) is 0 Å². The van der Waals surface area contributed by atoms with Gasteiger partial charge in [-0.25, -0.2) is 0 Å². The molecule has 3 nitrogen and oxygen atoms in total. The van der Waals surface area contributed by atoms with E-state index in [2.05, 4.69) is 42.4 Å². The van der Waals surface area contributed by atoms with Crippen LogP contribution in [0.15, 0.2) is 18.3 Å². The van der Waals surface area contributed by atoms with E-state index in [0.29, 0.717) is 0 Å². The predicted octanol–water partition coefficient (Wildman–Crippen LogP) is 2.79. The summed E-state index contributed by atoms with van der Waals surface area (Å²) in [5.41, 5.74) is 2.48. The maximum Gasteiger partial charge on any atom is 0.0756 e. The van der Waals surface area contributed by atoms with E-state index < -0.39 is 0 Å². The Labute approximate surface area is 99.9 Å². The van der Waals surface area contributed by atoms with Gasteiger partial charge in [0.25, 0.3) is 0 Å². The molecule has 1 atom stereocenters. The van der Waals surface area contributed by atoms with Crippen molar-refractivity contribution in [2.75, 3.05) is 6.54 Å². The summed E-state index contributed by atoms with van der Waals surface area (Å²) in [6.07, 6.45) is 1.80. The van der Waals surface area contributed by atoms with E-state index in [-0.39, 0.29) is 6.04 Å². The van der Waals surface area contributed by atoms with Crippen LogP contribution in [0.4, 0.5) is 0 Å². The summed E-state index contributed by atoms with van der Waals surface area (Å²) in [5.74, 6) is 0. The quantitative estimate of drug-likeness (QED) is 0.855. The molecule has 0 saturated heterocycles. The second kappa shape index (κ2) is 4.80. The summed E-state index contributed by atoms with van der Waals surface area (Å²) < 4.78 is 0. The molecule has 0 radical (unpaired) electrons. The van der Waals surface area contributed by atoms with Gasteiger partial charge in [0.1, 0.15) is 0 Å². The molecule has 2 aromatic rings. The molecule has 0 saturated carbocycles. The number of thiophene rings is 1. The van der Waals surface area contributed by atoms with Gasteiger partial charge in [-0.15, -0.1) is 11.3 Å². The van der Waals surface area contributed by atoms with E-state index in [1.165, 1.54) is 15.3 Å². The number of aromatic nitrogens is 2. The summed E-state index contributed by atoms with van der Waals surface area (Å²) in [4.78, 5) is 2.73. The summed E-state index contributed by atoms with van der Waals surface area (Å²) in [6.45, 7) is 7.39. The first-order valence-corrected chi connectivity index (χ1v) is 6.33. The number of H-pyrrole nitrogens is 1. The maximum absolute atomic E-state index is 4.03. The van der Waals surface area contributed by atoms with Crippen molar-refractivity contribution >= 4 is 11.3 Å². The molecule has 2 aromatic heterocycles. The van der Waals surface area contributed by atoms with E-state index in [0.717, 1.165) is 12.2 Å². The highest BCUT2D eigenvalue weighted by atomic mass is 32.1. The molecule has 2 N–H and O–H groups in total. The lowest BCUT2D eigenvalue weighted by atomic mass is 10.0. The lowest BCUT2D eigenvalue weighted by molar-refractivity contribution is 0.613. The van der Waals surface area contributed by atoms with E-state index in [1.54, 1.807) is 6.20 Å². The van der Waals surface area contributed by atoms with Crippen LogP contribution in [0.1, 0.15) is 34.0 Å². The molecule has 1 unspecified atom stereocenters. The molecule has 0 fully saturated rings. The minimum absolute atomic E-state index is 0.234. The smallest absolute Gasteiger partial charge is 0.0756 e. The normalized spacial score (nSPS) is 12.9. The van der Waals surface area contributed by atoms with Crippen LogP contribution >= 0.6 is 11.3 Å². The monoisotopic (exact) mass is 235 g/mol. The van der Waals surface area contributed by atoms with Gasteiger partial charge in [-0.3, -0.25) is 5.10 Å². The summed E-state index contributed by atoms with van der Waals surface area (Å²) in [6, 6.07) is 4.52. The fraction of sp³-hybridized carbons (Fsp3) is 0.417. The standard InChI is InChI=1S/C12H17N3S/c1-4-13-12(11-5-6-14-15-11)10-7-8(2)16-9(10)3/h5-7,12-13H,4H2,1-3H3,(H,14,15). The molecule has 0 aliphatic carbocycles. The van der Waals surface area contributed by atoms with Crippen molar-refractivity contribution in [2.45, 2.75) is 26.8 Å². The fourth-order valence-corrected chi connectivity index (χ4v) is 2.92. The third-order valence-corrected chi connectivity index (χ3v) is 3.61. The second-order valence-corrected chi connectivity index (χ2v) is 5.33. The van der Waals surface area contributed by atoms with E-state index >= 15 is 0 Å². The number of hydrogen-bond donors (Lipinski definition) is 2. The average molecular weight is 235 g/mol. The Hall–Kier alpha value is -1.13. The van der Waals surface area contributed by atoms with Crippen LogP contribution < -0.4 is 5.32 Å². The molecule has 0 aliphatic rings. The fourth-order valence-electron chi connectivity index (χ4n) is 1.96. The molecule has 86 valence electrons. The van der Waals surface area contributed by atoms with E-state index in [1.807, 2.05) is 17.4 Å². The van der Waals surface area contributed by atoms with Crippen molar-refractivity contribution < 1.29 is 0 Å². The highest BCUT2D eigenvalue weighted by Gasteiger charge is 2.17. The molecule has 0 aromatic carbocycles. The maximum atomic E-state index is 4.03. The Kier molecular flexibility index (Phi) is 3.41. The van der Waals surface area contributed by atoms with Crippen molar-refractivity contribution in [3.05, 3.63) is 39.3 Å². The lowest BCUT2D eigenvalue weighted by Gasteiger charge is -2.16. The largest absolute Gasteiger partial charge is 0.305 e. The number of hydrogen-bond acceptors (Lipinski definition) is 3. The van der Waals surface area contributed by atoms with Crippen LogP contribution in [0.5, 0.6) is 0 Å². The highest BCUT2D eigenvalue weighted by molar-refractivity contribution is 7.12. The van der Waals surface area contributed by atoms with Gasteiger partial charge >= 0.3 is 0 Å². The summed E-state index contributed by atoms with van der Waals surface area (Å²) in [5, 5.41) is 10.6. The zero-order valence-electron chi connectivity index (χ0n) is 9.87. The number of nitrogens with one attached hydrogen (secondary N) is 2. The SMILES string of the molecule is CCNC(c1ccn[nH]1)c1cc(C)sc1C. The molecule has 2 rings (SSSR count). The van der Waals surface area contributed by atoms with Gasteiger partial charge in [-0.2, -0.15) is 5.10 Å². The Balaban J connectivity index is 2.36. The topological polar surface area (TPSA) is 40.7 Å². The Morgan fingerprint density at radius 3 is 2.81 bits per heavy atom. The first-order valence-electron chi connectivity index (χ1n) is 5.52. The first-order chi connectivity index (χ1) is 7.72. The minimum Gasteiger partial charge on any atom is -0.305 e. The van der Waals surface area contributed by atoms with E-state index in [4.69, 9.17) is 0 Å². The summed E-state index contributed by atoms with van der Waals surface area (Å²) >= 11 is 1.85. The van der Waals surface area contributed by atoms with Gasteiger partial charge in [0, 0.05) is 16.0 Å². The molecule has 16 heavy (non-hydrogen) atoms. The van der Waals surface area contributed by atoms with Gasteiger partial charge in [-0.1, -0.05) is 6.92 Å².